The van der Waals surface area contributed by atoms with E-state index >= 15 is 0 Å². The summed E-state index contributed by atoms with van der Waals surface area (Å²) in [6.45, 7) is 2.88. The zero-order valence-electron chi connectivity index (χ0n) is 18.9. The number of carbonyl (C=O) groups is 2. The number of fused-ring (bicyclic) bond motifs is 2. The van der Waals surface area contributed by atoms with Gasteiger partial charge in [-0.3, -0.25) is 14.6 Å². The van der Waals surface area contributed by atoms with Crippen LogP contribution in [0.2, 0.25) is 0 Å². The molecule has 10 heteroatoms. The number of H-pyrrole nitrogens is 1. The van der Waals surface area contributed by atoms with Crippen LogP contribution in [-0.4, -0.2) is 66.6 Å². The Bertz CT molecular complexity index is 1190. The Hall–Kier alpha value is -3.69. The summed E-state index contributed by atoms with van der Waals surface area (Å²) in [6.07, 6.45) is 3.57. The molecule has 1 N–H and O–H groups in total. The van der Waals surface area contributed by atoms with Gasteiger partial charge in [-0.15, -0.1) is 5.10 Å². The highest BCUT2D eigenvalue weighted by molar-refractivity contribution is 5.92. The van der Waals surface area contributed by atoms with Crippen LogP contribution in [-0.2, 0) is 37.3 Å². The fourth-order valence-corrected chi connectivity index (χ4v) is 4.69. The van der Waals surface area contributed by atoms with Crippen molar-refractivity contribution in [2.45, 2.75) is 51.3 Å². The summed E-state index contributed by atoms with van der Waals surface area (Å²) in [5.74, 6) is 0.621. The average Bonchev–Trinajstić information content (AvgIpc) is 3.53. The first-order valence-corrected chi connectivity index (χ1v) is 11.9. The molecule has 3 aliphatic rings. The second-order valence-electron chi connectivity index (χ2n) is 9.27. The smallest absolute Gasteiger partial charge is 0.410 e. The van der Waals surface area contributed by atoms with Gasteiger partial charge in [0.05, 0.1) is 18.8 Å². The van der Waals surface area contributed by atoms with Crippen molar-refractivity contribution in [1.82, 2.24) is 35.0 Å². The van der Waals surface area contributed by atoms with Gasteiger partial charge in [-0.05, 0) is 36.0 Å². The summed E-state index contributed by atoms with van der Waals surface area (Å²) in [5, 5.41) is 15.3. The van der Waals surface area contributed by atoms with E-state index in [0.29, 0.717) is 51.3 Å². The molecule has 1 aromatic carbocycles. The van der Waals surface area contributed by atoms with E-state index in [9.17, 15) is 9.59 Å². The van der Waals surface area contributed by atoms with E-state index in [4.69, 9.17) is 4.74 Å². The number of rotatable bonds is 4. The molecule has 2 aromatic heterocycles. The van der Waals surface area contributed by atoms with Gasteiger partial charge in [-0.1, -0.05) is 29.5 Å². The van der Waals surface area contributed by atoms with Crippen LogP contribution >= 0.6 is 0 Å². The standard InChI is InChI=1S/C24H27N7O3/c32-23(30-10-8-20-22(14-30)26-28-25-20)21-13-19-7-9-29(11-12-31(19)27-21)24(33)34-15-16-1-3-17(4-2-16)18-5-6-18/h1-4,13,18H,5-12,14-15H2,(H,25,26,28). The minimum atomic E-state index is -0.315. The van der Waals surface area contributed by atoms with Gasteiger partial charge in [0.25, 0.3) is 5.91 Å². The van der Waals surface area contributed by atoms with Gasteiger partial charge >= 0.3 is 6.09 Å². The summed E-state index contributed by atoms with van der Waals surface area (Å²) in [4.78, 5) is 29.1. The summed E-state index contributed by atoms with van der Waals surface area (Å²) in [7, 11) is 0. The Morgan fingerprint density at radius 2 is 1.85 bits per heavy atom. The third-order valence-electron chi connectivity index (χ3n) is 6.91. The number of aromatic nitrogens is 5. The summed E-state index contributed by atoms with van der Waals surface area (Å²) in [6, 6.07) is 10.2. The van der Waals surface area contributed by atoms with E-state index in [1.807, 2.05) is 22.9 Å². The molecule has 0 bridgehead atoms. The minimum absolute atomic E-state index is 0.0989. The lowest BCUT2D eigenvalue weighted by atomic mass is 10.1. The number of amides is 2. The van der Waals surface area contributed by atoms with Crippen LogP contribution in [0.3, 0.4) is 0 Å². The van der Waals surface area contributed by atoms with Crippen LogP contribution in [0.5, 0.6) is 0 Å². The molecule has 0 unspecified atom stereocenters. The van der Waals surface area contributed by atoms with Crippen molar-refractivity contribution in [2.24, 2.45) is 0 Å². The predicted octanol–water partition coefficient (Wildman–Crippen LogP) is 2.27. The van der Waals surface area contributed by atoms with Crippen molar-refractivity contribution in [2.75, 3.05) is 19.6 Å². The summed E-state index contributed by atoms with van der Waals surface area (Å²) in [5.41, 5.74) is 5.57. The van der Waals surface area contributed by atoms with Crippen LogP contribution in [0.25, 0.3) is 0 Å². The maximum Gasteiger partial charge on any atom is 0.410 e. The van der Waals surface area contributed by atoms with Gasteiger partial charge in [0.1, 0.15) is 12.3 Å². The van der Waals surface area contributed by atoms with Crippen LogP contribution in [0.1, 0.15) is 57.5 Å². The molecule has 10 nitrogen and oxygen atoms in total. The molecule has 34 heavy (non-hydrogen) atoms. The van der Waals surface area contributed by atoms with Gasteiger partial charge in [0, 0.05) is 38.2 Å². The normalized spacial score (nSPS) is 17.6. The average molecular weight is 462 g/mol. The van der Waals surface area contributed by atoms with E-state index in [0.717, 1.165) is 28.6 Å². The zero-order valence-corrected chi connectivity index (χ0v) is 18.9. The first-order valence-electron chi connectivity index (χ1n) is 11.9. The summed E-state index contributed by atoms with van der Waals surface area (Å²) >= 11 is 0. The number of hydrogen-bond acceptors (Lipinski definition) is 6. The number of ether oxygens (including phenoxy) is 1. The molecule has 0 spiro atoms. The van der Waals surface area contributed by atoms with Crippen molar-refractivity contribution in [3.63, 3.8) is 0 Å². The van der Waals surface area contributed by atoms with E-state index in [2.05, 4.69) is 32.6 Å². The van der Waals surface area contributed by atoms with Crippen molar-refractivity contribution < 1.29 is 14.3 Å². The lowest BCUT2D eigenvalue weighted by Crippen LogP contribution is -2.36. The van der Waals surface area contributed by atoms with Crippen LogP contribution in [0.4, 0.5) is 4.79 Å². The number of carbonyl (C=O) groups excluding carboxylic acids is 2. The number of nitrogens with zero attached hydrogens (tertiary/aromatic N) is 6. The highest BCUT2D eigenvalue weighted by Crippen LogP contribution is 2.39. The Kier molecular flexibility index (Phi) is 5.27. The number of nitrogens with one attached hydrogen (secondary N) is 1. The summed E-state index contributed by atoms with van der Waals surface area (Å²) < 4.78 is 7.40. The molecule has 176 valence electrons. The molecule has 3 aromatic rings. The molecule has 1 aliphatic carbocycles. The van der Waals surface area contributed by atoms with Gasteiger partial charge in [0.2, 0.25) is 0 Å². The van der Waals surface area contributed by atoms with E-state index in [-0.39, 0.29) is 18.6 Å². The molecule has 0 atom stereocenters. The van der Waals surface area contributed by atoms with Crippen LogP contribution < -0.4 is 0 Å². The molecule has 0 radical (unpaired) electrons. The lowest BCUT2D eigenvalue weighted by molar-refractivity contribution is 0.0723. The zero-order chi connectivity index (χ0) is 23.1. The maximum absolute atomic E-state index is 13.0. The third kappa shape index (κ3) is 4.15. The third-order valence-corrected chi connectivity index (χ3v) is 6.91. The molecule has 1 fully saturated rings. The fraction of sp³-hybridized carbons (Fsp3) is 0.458. The molecular formula is C24H27N7O3. The highest BCUT2D eigenvalue weighted by Gasteiger charge is 2.28. The Morgan fingerprint density at radius 3 is 2.68 bits per heavy atom. The topological polar surface area (TPSA) is 109 Å². The Balaban J connectivity index is 1.03. The van der Waals surface area contributed by atoms with Crippen molar-refractivity contribution in [3.8, 4) is 0 Å². The van der Waals surface area contributed by atoms with Crippen molar-refractivity contribution in [3.05, 3.63) is 64.2 Å². The molecule has 1 saturated carbocycles. The fourth-order valence-electron chi connectivity index (χ4n) is 4.69. The van der Waals surface area contributed by atoms with Crippen LogP contribution in [0, 0.1) is 0 Å². The lowest BCUT2D eigenvalue weighted by Gasteiger charge is -2.24. The van der Waals surface area contributed by atoms with Gasteiger partial charge < -0.3 is 14.5 Å². The molecule has 2 amide bonds. The molecule has 2 aliphatic heterocycles. The second kappa shape index (κ2) is 8.58. The SMILES string of the molecule is O=C(OCc1ccc(C2CC2)cc1)N1CCc2cc(C(=O)N3CCc4[nH]nnc4C3)nn2CC1. The van der Waals surface area contributed by atoms with E-state index in [1.165, 1.54) is 18.4 Å². The van der Waals surface area contributed by atoms with Gasteiger partial charge in [-0.25, -0.2) is 4.79 Å². The number of aromatic amines is 1. The largest absolute Gasteiger partial charge is 0.445 e. The maximum atomic E-state index is 13.0. The molecule has 6 rings (SSSR count). The Labute approximate surface area is 196 Å². The van der Waals surface area contributed by atoms with Crippen molar-refractivity contribution in [1.29, 1.82) is 0 Å². The molecule has 0 saturated heterocycles. The van der Waals surface area contributed by atoms with Crippen molar-refractivity contribution >= 4 is 12.0 Å². The first-order chi connectivity index (χ1) is 16.6. The van der Waals surface area contributed by atoms with E-state index in [1.54, 1.807) is 9.80 Å². The van der Waals surface area contributed by atoms with E-state index < -0.39 is 0 Å². The molecule has 4 heterocycles. The monoisotopic (exact) mass is 461 g/mol. The second-order valence-corrected chi connectivity index (χ2v) is 9.27. The number of hydrogen-bond donors (Lipinski definition) is 1. The number of benzene rings is 1. The minimum Gasteiger partial charge on any atom is -0.445 e. The van der Waals surface area contributed by atoms with Gasteiger partial charge in [0.15, 0.2) is 5.69 Å². The van der Waals surface area contributed by atoms with Crippen LogP contribution in [0.15, 0.2) is 30.3 Å². The van der Waals surface area contributed by atoms with Gasteiger partial charge in [-0.2, -0.15) is 5.10 Å². The first kappa shape index (κ1) is 20.9. The molecular weight excluding hydrogens is 434 g/mol. The Morgan fingerprint density at radius 1 is 1.03 bits per heavy atom. The quantitative estimate of drug-likeness (QED) is 0.638. The highest BCUT2D eigenvalue weighted by atomic mass is 16.6. The predicted molar refractivity (Wildman–Crippen MR) is 121 cm³/mol.